The van der Waals surface area contributed by atoms with Gasteiger partial charge in [0.2, 0.25) is 10.0 Å². The number of hydrogen-bond acceptors (Lipinski definition) is 3. The first-order valence-electron chi connectivity index (χ1n) is 4.22. The first-order chi connectivity index (χ1) is 6.58. The molecular weight excluding hydrogens is 268 g/mol. The van der Waals surface area contributed by atoms with E-state index >= 15 is 0 Å². The minimum Gasteiger partial charge on any atom is -0.267 e. The first kappa shape index (κ1) is 9.92. The fourth-order valence-electron chi connectivity index (χ4n) is 1.07. The molecule has 0 atom stereocenters. The molecule has 4 nitrogen and oxygen atoms in total. The highest BCUT2D eigenvalue weighted by Gasteiger charge is 2.35. The van der Waals surface area contributed by atoms with Gasteiger partial charge in [0.15, 0.2) is 0 Å². The van der Waals surface area contributed by atoms with Crippen LogP contribution in [-0.2, 0) is 10.0 Å². The Morgan fingerprint density at radius 2 is 2.14 bits per heavy atom. The third kappa shape index (κ3) is 2.24. The number of hydrogen-bond donors (Lipinski definition) is 1. The van der Waals surface area contributed by atoms with Crippen LogP contribution in [0.2, 0.25) is 0 Å². The van der Waals surface area contributed by atoms with Crippen molar-refractivity contribution in [1.82, 2.24) is 4.98 Å². The molecule has 0 amide bonds. The zero-order valence-corrected chi connectivity index (χ0v) is 9.68. The standard InChI is InChI=1S/C8H9BrN2O2S/c9-7-2-1-3-8(10-7)11-14(12,13)6-4-5-6/h1-3,6H,4-5H2,(H,10,11). The lowest BCUT2D eigenvalue weighted by Crippen LogP contribution is -2.18. The Labute approximate surface area is 90.9 Å². The van der Waals surface area contributed by atoms with Crippen LogP contribution in [0.25, 0.3) is 0 Å². The SMILES string of the molecule is O=S(=O)(Nc1cccc(Br)n1)C1CC1. The summed E-state index contributed by atoms with van der Waals surface area (Å²) < 4.78 is 26.1. The molecule has 1 aliphatic rings. The van der Waals surface area contributed by atoms with Crippen LogP contribution in [0.1, 0.15) is 12.8 Å². The highest BCUT2D eigenvalue weighted by Crippen LogP contribution is 2.29. The van der Waals surface area contributed by atoms with Gasteiger partial charge in [-0.1, -0.05) is 6.07 Å². The Balaban J connectivity index is 2.18. The van der Waals surface area contributed by atoms with Gasteiger partial charge in [0.05, 0.1) is 5.25 Å². The largest absolute Gasteiger partial charge is 0.267 e. The van der Waals surface area contributed by atoms with Crippen molar-refractivity contribution < 1.29 is 8.42 Å². The Hall–Kier alpha value is -0.620. The fourth-order valence-corrected chi connectivity index (χ4v) is 2.74. The lowest BCUT2D eigenvalue weighted by molar-refractivity contribution is 0.600. The molecular formula is C8H9BrN2O2S. The smallest absolute Gasteiger partial charge is 0.236 e. The number of pyridine rings is 1. The number of nitrogens with zero attached hydrogens (tertiary/aromatic N) is 1. The van der Waals surface area contributed by atoms with Gasteiger partial charge in [-0.05, 0) is 40.9 Å². The molecule has 1 heterocycles. The molecule has 0 saturated heterocycles. The molecule has 0 radical (unpaired) electrons. The minimum atomic E-state index is -3.19. The minimum absolute atomic E-state index is 0.219. The highest BCUT2D eigenvalue weighted by molar-refractivity contribution is 9.10. The fraction of sp³-hybridized carbons (Fsp3) is 0.375. The Bertz CT molecular complexity index is 442. The van der Waals surface area contributed by atoms with Crippen LogP contribution >= 0.6 is 15.9 Å². The van der Waals surface area contributed by atoms with Crippen molar-refractivity contribution in [3.63, 3.8) is 0 Å². The summed E-state index contributed by atoms with van der Waals surface area (Å²) in [5.41, 5.74) is 0. The second kappa shape index (κ2) is 3.51. The molecule has 14 heavy (non-hydrogen) atoms. The van der Waals surface area contributed by atoms with Crippen molar-refractivity contribution in [1.29, 1.82) is 0 Å². The molecule has 0 unspecified atom stereocenters. The van der Waals surface area contributed by atoms with Gasteiger partial charge in [-0.25, -0.2) is 13.4 Å². The van der Waals surface area contributed by atoms with Gasteiger partial charge in [0.1, 0.15) is 10.4 Å². The second-order valence-corrected chi connectivity index (χ2v) is 5.97. The maximum absolute atomic E-state index is 11.5. The van der Waals surface area contributed by atoms with E-state index in [0.717, 1.165) is 12.8 Å². The Morgan fingerprint density at radius 1 is 1.43 bits per heavy atom. The summed E-state index contributed by atoms with van der Waals surface area (Å²) in [4.78, 5) is 3.99. The van der Waals surface area contributed by atoms with E-state index in [9.17, 15) is 8.42 Å². The van der Waals surface area contributed by atoms with Crippen molar-refractivity contribution in [3.05, 3.63) is 22.8 Å². The molecule has 1 aromatic rings. The van der Waals surface area contributed by atoms with Crippen LogP contribution in [0, 0.1) is 0 Å². The van der Waals surface area contributed by atoms with Gasteiger partial charge in [-0.3, -0.25) is 4.72 Å². The summed E-state index contributed by atoms with van der Waals surface area (Å²) in [5, 5.41) is -0.219. The molecule has 76 valence electrons. The summed E-state index contributed by atoms with van der Waals surface area (Å²) in [7, 11) is -3.19. The van der Waals surface area contributed by atoms with Gasteiger partial charge in [-0.15, -0.1) is 0 Å². The van der Waals surface area contributed by atoms with E-state index in [1.165, 1.54) is 0 Å². The van der Waals surface area contributed by atoms with E-state index in [0.29, 0.717) is 10.4 Å². The maximum Gasteiger partial charge on any atom is 0.236 e. The van der Waals surface area contributed by atoms with Crippen molar-refractivity contribution in [2.75, 3.05) is 4.72 Å². The number of halogens is 1. The number of nitrogens with one attached hydrogen (secondary N) is 1. The first-order valence-corrected chi connectivity index (χ1v) is 6.56. The molecule has 0 aromatic carbocycles. The summed E-state index contributed by atoms with van der Waals surface area (Å²) in [6.45, 7) is 0. The van der Waals surface area contributed by atoms with Crippen molar-refractivity contribution in [3.8, 4) is 0 Å². The van der Waals surface area contributed by atoms with Gasteiger partial charge < -0.3 is 0 Å². The van der Waals surface area contributed by atoms with Gasteiger partial charge in [0.25, 0.3) is 0 Å². The van der Waals surface area contributed by atoms with Gasteiger partial charge in [-0.2, -0.15) is 0 Å². The van der Waals surface area contributed by atoms with Gasteiger partial charge in [0, 0.05) is 0 Å². The average Bonchev–Trinajstić information content (AvgIpc) is 2.84. The van der Waals surface area contributed by atoms with Crippen LogP contribution in [0.15, 0.2) is 22.8 Å². The van der Waals surface area contributed by atoms with E-state index in [1.54, 1.807) is 18.2 Å². The van der Waals surface area contributed by atoms with Crippen molar-refractivity contribution >= 4 is 31.8 Å². The summed E-state index contributed by atoms with van der Waals surface area (Å²) in [5.74, 6) is 0.367. The molecule has 0 spiro atoms. The summed E-state index contributed by atoms with van der Waals surface area (Å²) >= 11 is 3.18. The molecule has 0 aliphatic heterocycles. The number of sulfonamides is 1. The summed E-state index contributed by atoms with van der Waals surface area (Å²) in [6, 6.07) is 5.11. The average molecular weight is 277 g/mol. The van der Waals surface area contributed by atoms with Crippen LogP contribution in [0.5, 0.6) is 0 Å². The van der Waals surface area contributed by atoms with Crippen molar-refractivity contribution in [2.24, 2.45) is 0 Å². The quantitative estimate of drug-likeness (QED) is 0.856. The van der Waals surface area contributed by atoms with Crippen LogP contribution in [0.4, 0.5) is 5.82 Å². The second-order valence-electron chi connectivity index (χ2n) is 3.19. The van der Waals surface area contributed by atoms with Crippen LogP contribution < -0.4 is 4.72 Å². The molecule has 0 bridgehead atoms. The third-order valence-corrected chi connectivity index (χ3v) is 4.21. The van der Waals surface area contributed by atoms with Crippen molar-refractivity contribution in [2.45, 2.75) is 18.1 Å². The van der Waals surface area contributed by atoms with E-state index in [2.05, 4.69) is 25.6 Å². The zero-order chi connectivity index (χ0) is 10.2. The molecule has 1 N–H and O–H groups in total. The number of aromatic nitrogens is 1. The van der Waals surface area contributed by atoms with E-state index in [4.69, 9.17) is 0 Å². The van der Waals surface area contributed by atoms with E-state index < -0.39 is 10.0 Å². The lowest BCUT2D eigenvalue weighted by Gasteiger charge is -2.05. The Morgan fingerprint density at radius 3 is 2.71 bits per heavy atom. The molecule has 6 heteroatoms. The topological polar surface area (TPSA) is 59.1 Å². The normalized spacial score (nSPS) is 16.6. The van der Waals surface area contributed by atoms with Gasteiger partial charge >= 0.3 is 0 Å². The maximum atomic E-state index is 11.5. The highest BCUT2D eigenvalue weighted by atomic mass is 79.9. The molecule has 2 rings (SSSR count). The molecule has 1 aliphatic carbocycles. The Kier molecular flexibility index (Phi) is 2.48. The monoisotopic (exact) mass is 276 g/mol. The van der Waals surface area contributed by atoms with E-state index in [-0.39, 0.29) is 5.25 Å². The predicted molar refractivity (Wildman–Crippen MR) is 57.5 cm³/mol. The third-order valence-electron chi connectivity index (χ3n) is 1.93. The zero-order valence-electron chi connectivity index (χ0n) is 7.27. The molecule has 1 saturated carbocycles. The number of anilines is 1. The molecule has 1 aromatic heterocycles. The van der Waals surface area contributed by atoms with Crippen LogP contribution in [0.3, 0.4) is 0 Å². The van der Waals surface area contributed by atoms with Crippen LogP contribution in [-0.4, -0.2) is 18.7 Å². The summed E-state index contributed by atoms with van der Waals surface area (Å²) in [6.07, 6.45) is 1.51. The lowest BCUT2D eigenvalue weighted by atomic mass is 10.5. The predicted octanol–water partition coefficient (Wildman–Crippen LogP) is 1.75. The van der Waals surface area contributed by atoms with E-state index in [1.807, 2.05) is 0 Å². The number of rotatable bonds is 3. The molecule has 1 fully saturated rings.